The summed E-state index contributed by atoms with van der Waals surface area (Å²) in [4.78, 5) is 77.1. The second-order valence-electron chi connectivity index (χ2n) is 13.7. The highest BCUT2D eigenvalue weighted by molar-refractivity contribution is 7.89. The number of likely N-dealkylation sites (tertiary alicyclic amines) is 1. The van der Waals surface area contributed by atoms with E-state index in [4.69, 9.17) is 17.3 Å². The van der Waals surface area contributed by atoms with E-state index in [-0.39, 0.29) is 12.5 Å². The number of carboxylic acid groups (broad SMARTS) is 1. The Labute approximate surface area is 314 Å². The lowest BCUT2D eigenvalue weighted by atomic mass is 9.85. The maximum atomic E-state index is 13.8. The largest absolute Gasteiger partial charge is 0.480 e. The monoisotopic (exact) mass is 802 g/mol. The van der Waals surface area contributed by atoms with E-state index in [2.05, 4.69) is 16.0 Å². The Hall–Kier alpha value is -4.75. The second kappa shape index (κ2) is 18.1. The molecule has 5 amide bonds. The molecule has 0 spiro atoms. The first-order chi connectivity index (χ1) is 25.0. The van der Waals surface area contributed by atoms with Crippen molar-refractivity contribution in [3.8, 4) is 0 Å². The highest BCUT2D eigenvalue weighted by Crippen LogP contribution is 2.36. The van der Waals surface area contributed by atoms with Crippen LogP contribution in [0.25, 0.3) is 0 Å². The topological polar surface area (TPSA) is 234 Å². The molecule has 7 N–H and O–H groups in total. The fourth-order valence-electron chi connectivity index (χ4n) is 5.69. The van der Waals surface area contributed by atoms with Crippen LogP contribution in [0.15, 0.2) is 53.4 Å². The van der Waals surface area contributed by atoms with Crippen LogP contribution in [-0.2, 0) is 45.0 Å². The van der Waals surface area contributed by atoms with Crippen molar-refractivity contribution in [3.05, 3.63) is 64.7 Å². The van der Waals surface area contributed by atoms with Crippen LogP contribution in [0.3, 0.4) is 0 Å². The molecule has 296 valence electrons. The Balaban J connectivity index is 1.67. The average Bonchev–Trinajstić information content (AvgIpc) is 3.53. The molecule has 20 heteroatoms. The SMILES string of the molecule is CC(C)(C)[C@H](NC(=O)[C@@H](NC(=O)CNC(=O)CC[C@H](NS(=O)(=O)c1ccc(Cl)c(C(F)(F)F)c1)C(=O)O)c1ccccc1)C(=O)N1CCC[C@H]1CC(N)=O. The molecule has 1 aliphatic rings. The molecule has 0 aromatic heterocycles. The molecule has 15 nitrogen and oxygen atoms in total. The zero-order valence-corrected chi connectivity index (χ0v) is 31.1. The van der Waals surface area contributed by atoms with E-state index < -0.39 is 116 Å². The normalized spacial score (nSPS) is 16.5. The van der Waals surface area contributed by atoms with Crippen molar-refractivity contribution in [2.75, 3.05) is 13.1 Å². The molecule has 54 heavy (non-hydrogen) atoms. The van der Waals surface area contributed by atoms with Crippen LogP contribution in [0.5, 0.6) is 0 Å². The molecule has 2 aromatic carbocycles. The number of nitrogens with zero attached hydrogens (tertiary/aromatic N) is 1. The van der Waals surface area contributed by atoms with Gasteiger partial charge in [-0.05, 0) is 48.4 Å². The molecule has 1 fully saturated rings. The summed E-state index contributed by atoms with van der Waals surface area (Å²) in [7, 11) is -4.83. The number of carbonyl (C=O) groups excluding carboxylic acids is 5. The number of amides is 5. The van der Waals surface area contributed by atoms with E-state index in [1.807, 2.05) is 0 Å². The van der Waals surface area contributed by atoms with Crippen LogP contribution in [0, 0.1) is 5.41 Å². The van der Waals surface area contributed by atoms with Crippen molar-refractivity contribution in [2.24, 2.45) is 11.1 Å². The van der Waals surface area contributed by atoms with Gasteiger partial charge in [-0.1, -0.05) is 62.7 Å². The molecule has 3 rings (SSSR count). The Bertz CT molecular complexity index is 1840. The first kappa shape index (κ1) is 43.7. The summed E-state index contributed by atoms with van der Waals surface area (Å²) in [6, 6.07) is 4.92. The molecule has 0 unspecified atom stereocenters. The maximum Gasteiger partial charge on any atom is 0.417 e. The van der Waals surface area contributed by atoms with Gasteiger partial charge < -0.3 is 31.7 Å². The van der Waals surface area contributed by atoms with E-state index in [0.717, 1.165) is 6.07 Å². The highest BCUT2D eigenvalue weighted by atomic mass is 35.5. The van der Waals surface area contributed by atoms with Gasteiger partial charge in [-0.3, -0.25) is 28.8 Å². The maximum absolute atomic E-state index is 13.8. The zero-order valence-electron chi connectivity index (χ0n) is 29.5. The molecule has 0 aliphatic carbocycles. The van der Waals surface area contributed by atoms with Crippen LogP contribution in [0.1, 0.15) is 70.0 Å². The number of nitrogens with one attached hydrogen (secondary N) is 4. The fourth-order valence-corrected chi connectivity index (χ4v) is 7.16. The van der Waals surface area contributed by atoms with Crippen molar-refractivity contribution in [2.45, 2.75) is 88.1 Å². The Kier molecular flexibility index (Phi) is 14.6. The number of benzene rings is 2. The first-order valence-corrected chi connectivity index (χ1v) is 18.5. The van der Waals surface area contributed by atoms with Gasteiger partial charge in [0.05, 0.1) is 22.0 Å². The van der Waals surface area contributed by atoms with Gasteiger partial charge in [0, 0.05) is 25.4 Å². The Morgan fingerprint density at radius 3 is 2.22 bits per heavy atom. The number of halogens is 4. The summed E-state index contributed by atoms with van der Waals surface area (Å²) < 4.78 is 67.0. The third kappa shape index (κ3) is 12.1. The summed E-state index contributed by atoms with van der Waals surface area (Å²) in [5, 5.41) is 16.3. The third-order valence-corrected chi connectivity index (χ3v) is 10.3. The van der Waals surface area contributed by atoms with Crippen LogP contribution in [0.4, 0.5) is 13.2 Å². The summed E-state index contributed by atoms with van der Waals surface area (Å²) in [6.45, 7) is 4.88. The van der Waals surface area contributed by atoms with Gasteiger partial charge in [0.2, 0.25) is 39.6 Å². The highest BCUT2D eigenvalue weighted by Gasteiger charge is 2.41. The number of rotatable bonds is 16. The van der Waals surface area contributed by atoms with Crippen LogP contribution >= 0.6 is 11.6 Å². The van der Waals surface area contributed by atoms with Gasteiger partial charge >= 0.3 is 12.1 Å². The van der Waals surface area contributed by atoms with Gasteiger partial charge in [0.1, 0.15) is 18.1 Å². The quantitative estimate of drug-likeness (QED) is 0.146. The van der Waals surface area contributed by atoms with E-state index in [0.29, 0.717) is 31.0 Å². The molecule has 1 aliphatic heterocycles. The molecular weight excluding hydrogens is 761 g/mol. The molecule has 0 saturated carbocycles. The van der Waals surface area contributed by atoms with Crippen LogP contribution < -0.4 is 26.4 Å². The number of alkyl halides is 3. The number of hydrogen-bond acceptors (Lipinski definition) is 8. The van der Waals surface area contributed by atoms with Crippen molar-refractivity contribution in [1.82, 2.24) is 25.6 Å². The van der Waals surface area contributed by atoms with Crippen molar-refractivity contribution < 1.29 is 55.5 Å². The molecule has 2 aromatic rings. The molecule has 0 bridgehead atoms. The zero-order chi connectivity index (χ0) is 40.6. The summed E-state index contributed by atoms with van der Waals surface area (Å²) in [5.41, 5.74) is 3.45. The van der Waals surface area contributed by atoms with Gasteiger partial charge in [-0.2, -0.15) is 17.9 Å². The van der Waals surface area contributed by atoms with E-state index >= 15 is 0 Å². The average molecular weight is 803 g/mol. The number of nitrogens with two attached hydrogens (primary N) is 1. The number of sulfonamides is 1. The predicted octanol–water partition coefficient (Wildman–Crippen LogP) is 2.24. The van der Waals surface area contributed by atoms with Gasteiger partial charge in [0.15, 0.2) is 0 Å². The number of hydrogen-bond donors (Lipinski definition) is 6. The number of carboxylic acids is 1. The predicted molar refractivity (Wildman–Crippen MR) is 188 cm³/mol. The van der Waals surface area contributed by atoms with Crippen molar-refractivity contribution in [1.29, 1.82) is 0 Å². The smallest absolute Gasteiger partial charge is 0.417 e. The summed E-state index contributed by atoms with van der Waals surface area (Å²) in [6.07, 6.45) is -5.11. The lowest BCUT2D eigenvalue weighted by Crippen LogP contribution is -2.58. The summed E-state index contributed by atoms with van der Waals surface area (Å²) in [5.74, 6) is -5.22. The van der Waals surface area contributed by atoms with Gasteiger partial charge in [-0.15, -0.1) is 0 Å². The molecular formula is C34H42ClF3N6O9S. The minimum atomic E-state index is -5.00. The standard InChI is InChI=1S/C34H42ClF3N6O9S/c1-33(2,3)29(31(49)44-15-7-10-20(44)16-25(39)45)42-30(48)28(19-8-5-4-6-9-19)41-27(47)18-40-26(46)14-13-24(32(50)51)43-54(52,53)21-11-12-23(35)22(17-21)34(36,37)38/h4-6,8-9,11-12,17,20,24,28-29,43H,7,10,13-16,18H2,1-3H3,(H2,39,45)(H,40,46)(H,41,47)(H,42,48)(H,50,51)/t20-,24-,28-,29+/m0/s1. The minimum Gasteiger partial charge on any atom is -0.480 e. The number of aliphatic carboxylic acids is 1. The Morgan fingerprint density at radius 1 is 1.00 bits per heavy atom. The molecule has 4 atom stereocenters. The van der Waals surface area contributed by atoms with Crippen molar-refractivity contribution >= 4 is 57.1 Å². The lowest BCUT2D eigenvalue weighted by Gasteiger charge is -2.36. The van der Waals surface area contributed by atoms with E-state index in [1.54, 1.807) is 55.8 Å². The molecule has 1 saturated heterocycles. The number of primary amides is 1. The first-order valence-electron chi connectivity index (χ1n) is 16.6. The van der Waals surface area contributed by atoms with Crippen LogP contribution in [0.2, 0.25) is 5.02 Å². The number of carbonyl (C=O) groups is 6. The van der Waals surface area contributed by atoms with E-state index in [9.17, 15) is 55.5 Å². The minimum absolute atomic E-state index is 0.0346. The molecule has 1 heterocycles. The van der Waals surface area contributed by atoms with Gasteiger partial charge in [-0.25, -0.2) is 8.42 Å². The lowest BCUT2D eigenvalue weighted by molar-refractivity contribution is -0.141. The Morgan fingerprint density at radius 2 is 1.65 bits per heavy atom. The van der Waals surface area contributed by atoms with Crippen LogP contribution in [-0.4, -0.2) is 85.1 Å². The molecule has 0 radical (unpaired) electrons. The summed E-state index contributed by atoms with van der Waals surface area (Å²) >= 11 is 5.54. The third-order valence-electron chi connectivity index (χ3n) is 8.45. The second-order valence-corrected chi connectivity index (χ2v) is 15.8. The van der Waals surface area contributed by atoms with Crippen molar-refractivity contribution in [3.63, 3.8) is 0 Å². The van der Waals surface area contributed by atoms with Gasteiger partial charge in [0.25, 0.3) is 0 Å². The van der Waals surface area contributed by atoms with E-state index in [1.165, 1.54) is 4.90 Å². The fraction of sp³-hybridized carbons (Fsp3) is 0.471.